The van der Waals surface area contributed by atoms with Gasteiger partial charge in [-0.2, -0.15) is 5.26 Å². The average molecular weight is 320 g/mol. The number of aromatic carboxylic acids is 1. The van der Waals surface area contributed by atoms with Gasteiger partial charge in [0.1, 0.15) is 0 Å². The van der Waals surface area contributed by atoms with Gasteiger partial charge in [0, 0.05) is 0 Å². The maximum atomic E-state index is 10.8. The second-order valence-electron chi connectivity index (χ2n) is 4.56. The van der Waals surface area contributed by atoms with Gasteiger partial charge in [-0.25, -0.2) is 4.79 Å². The van der Waals surface area contributed by atoms with Crippen molar-refractivity contribution >= 4 is 29.2 Å². The zero-order chi connectivity index (χ0) is 15.4. The molecule has 0 bridgehead atoms. The molecule has 0 spiro atoms. The van der Waals surface area contributed by atoms with Gasteiger partial charge < -0.3 is 5.11 Å². The van der Waals surface area contributed by atoms with Gasteiger partial charge in [0.25, 0.3) is 0 Å². The third-order valence-electron chi connectivity index (χ3n) is 3.14. The minimum atomic E-state index is -0.970. The van der Waals surface area contributed by atoms with Crippen LogP contribution in [0.15, 0.2) is 42.5 Å². The standard InChI is InChI=1S/C16H11Cl2NO2/c17-14-6-5-12(8-15(14)18)13(9-19)7-10-1-3-11(4-2-10)16(20)21/h1-6,8,13H,7H2,(H,20,21). The lowest BCUT2D eigenvalue weighted by atomic mass is 9.93. The number of nitrogens with zero attached hydrogens (tertiary/aromatic N) is 1. The molecule has 1 N–H and O–H groups in total. The maximum absolute atomic E-state index is 10.8. The zero-order valence-electron chi connectivity index (χ0n) is 10.9. The van der Waals surface area contributed by atoms with Gasteiger partial charge in [-0.1, -0.05) is 41.4 Å². The van der Waals surface area contributed by atoms with Gasteiger partial charge in [-0.3, -0.25) is 0 Å². The number of carboxylic acids is 1. The van der Waals surface area contributed by atoms with E-state index < -0.39 is 5.97 Å². The summed E-state index contributed by atoms with van der Waals surface area (Å²) in [5.74, 6) is -1.33. The summed E-state index contributed by atoms with van der Waals surface area (Å²) in [5.41, 5.74) is 1.90. The summed E-state index contributed by atoms with van der Waals surface area (Å²) in [6.45, 7) is 0. The van der Waals surface area contributed by atoms with Crippen LogP contribution in [0.2, 0.25) is 10.0 Å². The van der Waals surface area contributed by atoms with Crippen molar-refractivity contribution in [3.63, 3.8) is 0 Å². The first-order valence-corrected chi connectivity index (χ1v) is 6.93. The molecule has 2 rings (SSSR count). The molecule has 0 aliphatic rings. The molecule has 0 aliphatic carbocycles. The first-order chi connectivity index (χ1) is 10.0. The summed E-state index contributed by atoms with van der Waals surface area (Å²) in [6, 6.07) is 13.8. The minimum absolute atomic E-state index is 0.224. The van der Waals surface area contributed by atoms with E-state index in [0.29, 0.717) is 16.5 Å². The fourth-order valence-corrected chi connectivity index (χ4v) is 2.29. The second-order valence-corrected chi connectivity index (χ2v) is 5.38. The quantitative estimate of drug-likeness (QED) is 0.899. The first kappa shape index (κ1) is 15.4. The highest BCUT2D eigenvalue weighted by Gasteiger charge is 2.13. The van der Waals surface area contributed by atoms with E-state index in [1.54, 1.807) is 30.3 Å². The summed E-state index contributed by atoms with van der Waals surface area (Å²) in [6.07, 6.45) is 0.481. The molecule has 2 aromatic rings. The van der Waals surface area contributed by atoms with Crippen molar-refractivity contribution in [3.8, 4) is 6.07 Å². The summed E-state index contributed by atoms with van der Waals surface area (Å²) < 4.78 is 0. The Hall–Kier alpha value is -2.02. The molecule has 2 aromatic carbocycles. The third-order valence-corrected chi connectivity index (χ3v) is 3.88. The van der Waals surface area contributed by atoms with Crippen molar-refractivity contribution in [2.45, 2.75) is 12.3 Å². The number of carboxylic acid groups (broad SMARTS) is 1. The van der Waals surface area contributed by atoms with Crippen LogP contribution in [0.25, 0.3) is 0 Å². The van der Waals surface area contributed by atoms with Gasteiger partial charge >= 0.3 is 5.97 Å². The normalized spacial score (nSPS) is 11.7. The van der Waals surface area contributed by atoms with E-state index in [4.69, 9.17) is 28.3 Å². The van der Waals surface area contributed by atoms with Crippen molar-refractivity contribution < 1.29 is 9.90 Å². The summed E-state index contributed by atoms with van der Waals surface area (Å²) >= 11 is 11.8. The Morgan fingerprint density at radius 3 is 2.33 bits per heavy atom. The van der Waals surface area contributed by atoms with Crippen LogP contribution < -0.4 is 0 Å². The van der Waals surface area contributed by atoms with Crippen LogP contribution >= 0.6 is 23.2 Å². The van der Waals surface area contributed by atoms with Crippen LogP contribution in [-0.2, 0) is 6.42 Å². The molecule has 0 radical (unpaired) electrons. The van der Waals surface area contributed by atoms with Crippen LogP contribution in [-0.4, -0.2) is 11.1 Å². The van der Waals surface area contributed by atoms with Crippen LogP contribution in [0.3, 0.4) is 0 Å². The van der Waals surface area contributed by atoms with Crippen molar-refractivity contribution in [1.82, 2.24) is 0 Å². The van der Waals surface area contributed by atoms with E-state index >= 15 is 0 Å². The Morgan fingerprint density at radius 2 is 1.81 bits per heavy atom. The summed E-state index contributed by atoms with van der Waals surface area (Å²) in [4.78, 5) is 10.8. The number of rotatable bonds is 4. The van der Waals surface area contributed by atoms with E-state index in [9.17, 15) is 10.1 Å². The number of hydrogen-bond acceptors (Lipinski definition) is 2. The van der Waals surface area contributed by atoms with Gasteiger partial charge in [0.15, 0.2) is 0 Å². The van der Waals surface area contributed by atoms with Crippen molar-refractivity contribution in [1.29, 1.82) is 5.26 Å². The highest BCUT2D eigenvalue weighted by atomic mass is 35.5. The average Bonchev–Trinajstić information content (AvgIpc) is 2.48. The fourth-order valence-electron chi connectivity index (χ4n) is 1.99. The maximum Gasteiger partial charge on any atom is 0.335 e. The molecule has 0 aromatic heterocycles. The molecule has 21 heavy (non-hydrogen) atoms. The molecular weight excluding hydrogens is 309 g/mol. The third kappa shape index (κ3) is 3.75. The summed E-state index contributed by atoms with van der Waals surface area (Å²) in [5, 5.41) is 19.0. The predicted octanol–water partition coefficient (Wildman–Crippen LogP) is 4.54. The molecule has 0 aliphatic heterocycles. The lowest BCUT2D eigenvalue weighted by molar-refractivity contribution is 0.0697. The molecule has 0 saturated carbocycles. The van der Waals surface area contributed by atoms with Gasteiger partial charge in [0.2, 0.25) is 0 Å². The van der Waals surface area contributed by atoms with Gasteiger partial charge in [-0.15, -0.1) is 0 Å². The summed E-state index contributed by atoms with van der Waals surface area (Å²) in [7, 11) is 0. The Bertz CT molecular complexity index is 705. The molecule has 0 saturated heterocycles. The lowest BCUT2D eigenvalue weighted by Crippen LogP contribution is -2.02. The molecule has 106 valence electrons. The number of benzene rings is 2. The number of carbonyl (C=O) groups is 1. The highest BCUT2D eigenvalue weighted by Crippen LogP contribution is 2.28. The van der Waals surface area contributed by atoms with Gasteiger partial charge in [0.05, 0.1) is 27.6 Å². The van der Waals surface area contributed by atoms with Crippen molar-refractivity contribution in [3.05, 3.63) is 69.2 Å². The second kappa shape index (κ2) is 6.62. The molecular formula is C16H11Cl2NO2. The SMILES string of the molecule is N#CC(Cc1ccc(C(=O)O)cc1)c1ccc(Cl)c(Cl)c1. The van der Waals surface area contributed by atoms with E-state index in [1.807, 2.05) is 0 Å². The largest absolute Gasteiger partial charge is 0.478 e. The number of nitriles is 1. The van der Waals surface area contributed by atoms with E-state index in [1.165, 1.54) is 12.1 Å². The molecule has 0 fully saturated rings. The fraction of sp³-hybridized carbons (Fsp3) is 0.125. The Labute approximate surface area is 132 Å². The molecule has 5 heteroatoms. The van der Waals surface area contributed by atoms with E-state index in [2.05, 4.69) is 6.07 Å². The van der Waals surface area contributed by atoms with E-state index in [0.717, 1.165) is 11.1 Å². The molecule has 1 unspecified atom stereocenters. The van der Waals surface area contributed by atoms with Crippen LogP contribution in [0.1, 0.15) is 27.4 Å². The Balaban J connectivity index is 2.21. The van der Waals surface area contributed by atoms with Gasteiger partial charge in [-0.05, 0) is 41.8 Å². The van der Waals surface area contributed by atoms with Crippen LogP contribution in [0, 0.1) is 11.3 Å². The van der Waals surface area contributed by atoms with Crippen LogP contribution in [0.5, 0.6) is 0 Å². The first-order valence-electron chi connectivity index (χ1n) is 6.18. The topological polar surface area (TPSA) is 61.1 Å². The monoisotopic (exact) mass is 319 g/mol. The molecule has 3 nitrogen and oxygen atoms in total. The van der Waals surface area contributed by atoms with Crippen molar-refractivity contribution in [2.24, 2.45) is 0 Å². The molecule has 0 heterocycles. The predicted molar refractivity (Wildman–Crippen MR) is 81.9 cm³/mol. The number of halogens is 2. The highest BCUT2D eigenvalue weighted by molar-refractivity contribution is 6.42. The lowest BCUT2D eigenvalue weighted by Gasteiger charge is -2.11. The van der Waals surface area contributed by atoms with E-state index in [-0.39, 0.29) is 11.5 Å². The smallest absolute Gasteiger partial charge is 0.335 e. The Kier molecular flexibility index (Phi) is 4.85. The molecule has 0 amide bonds. The Morgan fingerprint density at radius 1 is 1.14 bits per heavy atom. The number of hydrogen-bond donors (Lipinski definition) is 1. The zero-order valence-corrected chi connectivity index (χ0v) is 12.4. The molecule has 1 atom stereocenters. The van der Waals surface area contributed by atoms with Crippen LogP contribution in [0.4, 0.5) is 0 Å². The van der Waals surface area contributed by atoms with Crippen molar-refractivity contribution in [2.75, 3.05) is 0 Å². The minimum Gasteiger partial charge on any atom is -0.478 e.